The van der Waals surface area contributed by atoms with Crippen molar-refractivity contribution >= 4 is 12.1 Å². The molecule has 1 fully saturated rings. The molecule has 1 amide bonds. The number of benzene rings is 2. The first-order valence-electron chi connectivity index (χ1n) is 6.73. The third-order valence-electron chi connectivity index (χ3n) is 3.62. The molecule has 110 valence electrons. The van der Waals surface area contributed by atoms with Crippen molar-refractivity contribution in [1.29, 1.82) is 0 Å². The molecule has 1 spiro atoms. The predicted molar refractivity (Wildman–Crippen MR) is 73.8 cm³/mol. The zero-order valence-electron chi connectivity index (χ0n) is 11.4. The van der Waals surface area contributed by atoms with Gasteiger partial charge in [-0.05, 0) is 18.2 Å². The second kappa shape index (κ2) is 4.57. The Labute approximate surface area is 125 Å². The molecular weight excluding hydrogens is 286 g/mol. The molecule has 0 radical (unpaired) electrons. The minimum absolute atomic E-state index is 0.286. The van der Waals surface area contributed by atoms with E-state index in [1.165, 1.54) is 0 Å². The molecule has 6 heteroatoms. The van der Waals surface area contributed by atoms with Gasteiger partial charge in [0.2, 0.25) is 5.72 Å². The van der Waals surface area contributed by atoms with Crippen LogP contribution < -0.4 is 4.74 Å². The maximum atomic E-state index is 12.4. The average molecular weight is 297 g/mol. The van der Waals surface area contributed by atoms with E-state index in [9.17, 15) is 9.59 Å². The Balaban J connectivity index is 1.55. The third kappa shape index (κ3) is 1.85. The number of carbonyl (C=O) groups excluding carboxylic acids is 2. The molecule has 2 aromatic carbocycles. The summed E-state index contributed by atoms with van der Waals surface area (Å²) in [6.07, 6.45) is -0.984. The fraction of sp³-hybridized carbons (Fsp3) is 0.125. The first kappa shape index (κ1) is 12.8. The van der Waals surface area contributed by atoms with Crippen LogP contribution in [0.5, 0.6) is 5.75 Å². The molecule has 0 N–H and O–H groups in total. The summed E-state index contributed by atoms with van der Waals surface area (Å²) in [5.74, 6) is -0.0828. The van der Waals surface area contributed by atoms with Crippen molar-refractivity contribution < 1.29 is 23.9 Å². The highest BCUT2D eigenvalue weighted by Crippen LogP contribution is 2.49. The van der Waals surface area contributed by atoms with Gasteiger partial charge in [0.25, 0.3) is 5.91 Å². The third-order valence-corrected chi connectivity index (χ3v) is 3.62. The second-order valence-corrected chi connectivity index (χ2v) is 4.97. The first-order valence-corrected chi connectivity index (χ1v) is 6.73. The van der Waals surface area contributed by atoms with Crippen LogP contribution in [0, 0.1) is 0 Å². The van der Waals surface area contributed by atoms with Crippen molar-refractivity contribution in [3.63, 3.8) is 0 Å². The van der Waals surface area contributed by atoms with Crippen LogP contribution >= 0.6 is 0 Å². The molecule has 0 bridgehead atoms. The van der Waals surface area contributed by atoms with Gasteiger partial charge in [0.1, 0.15) is 12.4 Å². The van der Waals surface area contributed by atoms with Crippen molar-refractivity contribution in [2.75, 3.05) is 6.61 Å². The highest BCUT2D eigenvalue weighted by molar-refractivity contribution is 6.00. The van der Waals surface area contributed by atoms with Gasteiger partial charge in [0, 0.05) is 5.56 Å². The van der Waals surface area contributed by atoms with E-state index in [1.54, 1.807) is 54.6 Å². The molecule has 1 atom stereocenters. The van der Waals surface area contributed by atoms with Crippen LogP contribution in [0.15, 0.2) is 54.6 Å². The van der Waals surface area contributed by atoms with Crippen LogP contribution in [0.1, 0.15) is 15.9 Å². The number of amides is 1. The number of hydroxylamine groups is 2. The van der Waals surface area contributed by atoms with Crippen LogP contribution in [-0.2, 0) is 15.3 Å². The van der Waals surface area contributed by atoms with Crippen LogP contribution in [0.3, 0.4) is 0 Å². The fourth-order valence-corrected chi connectivity index (χ4v) is 2.53. The molecule has 22 heavy (non-hydrogen) atoms. The second-order valence-electron chi connectivity index (χ2n) is 4.97. The first-order chi connectivity index (χ1) is 10.7. The van der Waals surface area contributed by atoms with E-state index in [0.29, 0.717) is 16.9 Å². The maximum Gasteiger partial charge on any atom is 0.539 e. The molecule has 2 aliphatic heterocycles. The number of para-hydroxylation sites is 1. The van der Waals surface area contributed by atoms with Gasteiger partial charge >= 0.3 is 6.16 Å². The van der Waals surface area contributed by atoms with E-state index in [0.717, 1.165) is 5.06 Å². The minimum atomic E-state index is -0.997. The molecule has 2 aromatic rings. The van der Waals surface area contributed by atoms with E-state index in [2.05, 4.69) is 0 Å². The number of fused-ring (bicyclic) bond motifs is 2. The van der Waals surface area contributed by atoms with Gasteiger partial charge in [-0.25, -0.2) is 4.79 Å². The molecule has 0 saturated carbocycles. The molecule has 0 aromatic heterocycles. The Hall–Kier alpha value is -2.86. The summed E-state index contributed by atoms with van der Waals surface area (Å²) >= 11 is 0. The van der Waals surface area contributed by atoms with Crippen molar-refractivity contribution in [1.82, 2.24) is 5.06 Å². The lowest BCUT2D eigenvalue weighted by molar-refractivity contribution is -0.142. The minimum Gasteiger partial charge on any atom is -0.393 e. The quantitative estimate of drug-likeness (QED) is 0.484. The van der Waals surface area contributed by atoms with Crippen molar-refractivity contribution in [3.8, 4) is 5.75 Å². The van der Waals surface area contributed by atoms with E-state index < -0.39 is 17.8 Å². The SMILES string of the molecule is O=C(Oc1ccccc1)ON1C(=O)c2ccccc2C12CO2. The number of ether oxygens (including phenoxy) is 2. The summed E-state index contributed by atoms with van der Waals surface area (Å²) in [6.45, 7) is 0.286. The largest absolute Gasteiger partial charge is 0.539 e. The molecule has 4 rings (SSSR count). The smallest absolute Gasteiger partial charge is 0.393 e. The molecule has 0 aliphatic carbocycles. The number of rotatable bonds is 2. The fourth-order valence-electron chi connectivity index (χ4n) is 2.53. The zero-order chi connectivity index (χ0) is 15.2. The number of hydrogen-bond acceptors (Lipinski definition) is 5. The standard InChI is InChI=1S/C16H11NO5/c18-14-12-8-4-5-9-13(12)16(10-20-16)17(14)22-15(19)21-11-6-2-1-3-7-11/h1-9H,10H2. The average Bonchev–Trinajstić information content (AvgIpc) is 3.30. The lowest BCUT2D eigenvalue weighted by atomic mass is 10.1. The Kier molecular flexibility index (Phi) is 2.67. The monoisotopic (exact) mass is 297 g/mol. The summed E-state index contributed by atoms with van der Waals surface area (Å²) in [7, 11) is 0. The van der Waals surface area contributed by atoms with Gasteiger partial charge in [-0.15, -0.1) is 5.06 Å². The molecule has 2 heterocycles. The van der Waals surface area contributed by atoms with Gasteiger partial charge in [-0.3, -0.25) is 9.63 Å². The summed E-state index contributed by atoms with van der Waals surface area (Å²) < 4.78 is 10.4. The molecule has 6 nitrogen and oxygen atoms in total. The van der Waals surface area contributed by atoms with Crippen molar-refractivity contribution in [2.45, 2.75) is 5.72 Å². The van der Waals surface area contributed by atoms with Crippen LogP contribution in [0.4, 0.5) is 4.79 Å². The summed E-state index contributed by atoms with van der Waals surface area (Å²) in [5.41, 5.74) is 0.170. The number of nitrogens with zero attached hydrogens (tertiary/aromatic N) is 1. The Morgan fingerprint density at radius 3 is 2.50 bits per heavy atom. The number of hydrogen-bond donors (Lipinski definition) is 0. The highest BCUT2D eigenvalue weighted by Gasteiger charge is 2.63. The van der Waals surface area contributed by atoms with Gasteiger partial charge < -0.3 is 9.47 Å². The molecular formula is C16H11NO5. The van der Waals surface area contributed by atoms with Gasteiger partial charge in [0.15, 0.2) is 0 Å². The van der Waals surface area contributed by atoms with E-state index in [4.69, 9.17) is 14.3 Å². The topological polar surface area (TPSA) is 68.4 Å². The van der Waals surface area contributed by atoms with Crippen LogP contribution in [0.25, 0.3) is 0 Å². The number of epoxide rings is 1. The zero-order valence-corrected chi connectivity index (χ0v) is 11.4. The maximum absolute atomic E-state index is 12.4. The van der Waals surface area contributed by atoms with Crippen LogP contribution in [-0.4, -0.2) is 23.7 Å². The van der Waals surface area contributed by atoms with Crippen molar-refractivity contribution in [2.24, 2.45) is 0 Å². The summed E-state index contributed by atoms with van der Waals surface area (Å²) in [6, 6.07) is 15.5. The molecule has 1 unspecified atom stereocenters. The van der Waals surface area contributed by atoms with Gasteiger partial charge in [-0.1, -0.05) is 36.4 Å². The van der Waals surface area contributed by atoms with Crippen molar-refractivity contribution in [3.05, 3.63) is 65.7 Å². The Morgan fingerprint density at radius 1 is 1.09 bits per heavy atom. The normalized spacial score (nSPS) is 21.6. The predicted octanol–water partition coefficient (Wildman–Crippen LogP) is 2.46. The summed E-state index contributed by atoms with van der Waals surface area (Å²) in [5, 5.41) is 0.947. The van der Waals surface area contributed by atoms with Gasteiger partial charge in [0.05, 0.1) is 5.56 Å². The molecule has 2 aliphatic rings. The lowest BCUT2D eigenvalue weighted by Gasteiger charge is -2.19. The Morgan fingerprint density at radius 2 is 1.77 bits per heavy atom. The van der Waals surface area contributed by atoms with Gasteiger partial charge in [-0.2, -0.15) is 0 Å². The Bertz CT molecular complexity index is 754. The van der Waals surface area contributed by atoms with Crippen LogP contribution in [0.2, 0.25) is 0 Å². The van der Waals surface area contributed by atoms with E-state index in [1.807, 2.05) is 0 Å². The summed E-state index contributed by atoms with van der Waals surface area (Å²) in [4.78, 5) is 29.3. The van der Waals surface area contributed by atoms with E-state index in [-0.39, 0.29) is 6.61 Å². The lowest BCUT2D eigenvalue weighted by Crippen LogP contribution is -2.37. The van der Waals surface area contributed by atoms with E-state index >= 15 is 0 Å². The number of carbonyl (C=O) groups is 2. The highest BCUT2D eigenvalue weighted by atomic mass is 16.9. The molecule has 1 saturated heterocycles.